The molecule has 0 spiro atoms. The molecule has 0 radical (unpaired) electrons. The summed E-state index contributed by atoms with van der Waals surface area (Å²) in [5, 5.41) is 11.9. The fraction of sp³-hybridized carbons (Fsp3) is 0.533. The van der Waals surface area contributed by atoms with Crippen LogP contribution in [-0.4, -0.2) is 41.1 Å². The van der Waals surface area contributed by atoms with Gasteiger partial charge < -0.3 is 10.4 Å². The minimum atomic E-state index is -1.20. The number of carboxylic acid groups (broad SMARTS) is 1. The number of halogens is 3. The summed E-state index contributed by atoms with van der Waals surface area (Å²) in [6.45, 7) is 2.68. The lowest BCUT2D eigenvalue weighted by molar-refractivity contribution is -0.139. The van der Waals surface area contributed by atoms with E-state index in [1.165, 1.54) is 0 Å². The Kier molecular flexibility index (Phi) is 5.42. The number of likely N-dealkylation sites (N-methyl/N-ethyl adjacent to an activating group) is 1. The molecule has 1 aliphatic carbocycles. The van der Waals surface area contributed by atoms with Gasteiger partial charge in [0.25, 0.3) is 0 Å². The molecule has 122 valence electrons. The lowest BCUT2D eigenvalue weighted by atomic mass is 9.85. The van der Waals surface area contributed by atoms with Gasteiger partial charge in [0.05, 0.1) is 6.54 Å². The zero-order chi connectivity index (χ0) is 16.3. The maximum absolute atomic E-state index is 13.5. The van der Waals surface area contributed by atoms with E-state index in [4.69, 9.17) is 5.11 Å². The number of carboxylic acids is 1. The van der Waals surface area contributed by atoms with Gasteiger partial charge in [0.1, 0.15) is 5.82 Å². The van der Waals surface area contributed by atoms with Gasteiger partial charge in [-0.05, 0) is 25.5 Å². The third-order valence-corrected chi connectivity index (χ3v) is 4.04. The summed E-state index contributed by atoms with van der Waals surface area (Å²) >= 11 is 0. The molecule has 2 rings (SSSR count). The van der Waals surface area contributed by atoms with Gasteiger partial charge in [-0.3, -0.25) is 9.69 Å². The van der Waals surface area contributed by atoms with E-state index in [1.54, 1.807) is 0 Å². The molecule has 0 saturated heterocycles. The average molecular weight is 316 g/mol. The molecule has 22 heavy (non-hydrogen) atoms. The topological polar surface area (TPSA) is 52.6 Å². The molecule has 0 unspecified atom stereocenters. The summed E-state index contributed by atoms with van der Waals surface area (Å²) in [5.74, 6) is -3.90. The highest BCUT2D eigenvalue weighted by atomic mass is 19.2. The average Bonchev–Trinajstić information content (AvgIpc) is 2.40. The lowest BCUT2D eigenvalue weighted by Crippen LogP contribution is -2.53. The van der Waals surface area contributed by atoms with Crippen LogP contribution in [0.15, 0.2) is 12.1 Å². The maximum atomic E-state index is 13.5. The Labute approximate surface area is 126 Å². The zero-order valence-corrected chi connectivity index (χ0v) is 12.3. The fourth-order valence-corrected chi connectivity index (χ4v) is 2.68. The van der Waals surface area contributed by atoms with Gasteiger partial charge in [-0.25, -0.2) is 13.2 Å². The minimum absolute atomic E-state index is 0.00564. The Balaban J connectivity index is 1.81. The van der Waals surface area contributed by atoms with Crippen molar-refractivity contribution in [2.75, 3.05) is 13.1 Å². The summed E-state index contributed by atoms with van der Waals surface area (Å²) in [4.78, 5) is 12.6. The normalized spacial score (nSPS) is 21.0. The molecule has 0 atom stereocenters. The van der Waals surface area contributed by atoms with Crippen molar-refractivity contribution in [2.45, 2.75) is 38.4 Å². The highest BCUT2D eigenvalue weighted by Gasteiger charge is 2.33. The van der Waals surface area contributed by atoms with Gasteiger partial charge in [0.15, 0.2) is 11.6 Å². The van der Waals surface area contributed by atoms with E-state index in [0.717, 1.165) is 18.9 Å². The number of nitrogens with one attached hydrogen (secondary N) is 1. The molecule has 1 fully saturated rings. The first-order chi connectivity index (χ1) is 10.4. The molecule has 0 aromatic heterocycles. The first kappa shape index (κ1) is 16.8. The van der Waals surface area contributed by atoms with Crippen LogP contribution in [-0.2, 0) is 11.3 Å². The monoisotopic (exact) mass is 316 g/mol. The van der Waals surface area contributed by atoms with Gasteiger partial charge in [0, 0.05) is 30.3 Å². The van der Waals surface area contributed by atoms with Crippen LogP contribution in [0.5, 0.6) is 0 Å². The van der Waals surface area contributed by atoms with Crippen molar-refractivity contribution in [1.29, 1.82) is 0 Å². The van der Waals surface area contributed by atoms with Gasteiger partial charge in [-0.2, -0.15) is 0 Å². The number of hydrogen-bond acceptors (Lipinski definition) is 3. The molecule has 0 aliphatic heterocycles. The molecule has 4 nitrogen and oxygen atoms in total. The molecule has 1 aromatic rings. The van der Waals surface area contributed by atoms with Crippen molar-refractivity contribution in [1.82, 2.24) is 10.2 Å². The predicted molar refractivity (Wildman–Crippen MR) is 74.8 cm³/mol. The minimum Gasteiger partial charge on any atom is -0.480 e. The standard InChI is InChI=1S/C15H19F3N2O2/c1-2-20(8-15(21)22)11-4-10(5-11)19-7-9-3-13(17)14(18)6-12(9)16/h3,6,10-11,19H,2,4-5,7-8H2,1H3,(H,21,22). The summed E-state index contributed by atoms with van der Waals surface area (Å²) < 4.78 is 39.4. The molecular formula is C15H19F3N2O2. The van der Waals surface area contributed by atoms with Gasteiger partial charge >= 0.3 is 5.97 Å². The van der Waals surface area contributed by atoms with E-state index in [1.807, 2.05) is 11.8 Å². The van der Waals surface area contributed by atoms with Crippen LogP contribution in [0.4, 0.5) is 13.2 Å². The van der Waals surface area contributed by atoms with Crippen LogP contribution in [0.1, 0.15) is 25.3 Å². The fourth-order valence-electron chi connectivity index (χ4n) is 2.68. The van der Waals surface area contributed by atoms with E-state index in [0.29, 0.717) is 12.6 Å². The Morgan fingerprint density at radius 1 is 1.27 bits per heavy atom. The second-order valence-corrected chi connectivity index (χ2v) is 5.52. The van der Waals surface area contributed by atoms with E-state index >= 15 is 0 Å². The Morgan fingerprint density at radius 3 is 2.50 bits per heavy atom. The van der Waals surface area contributed by atoms with Gasteiger partial charge in [-0.15, -0.1) is 0 Å². The Bertz CT molecular complexity index is 548. The second-order valence-electron chi connectivity index (χ2n) is 5.52. The predicted octanol–water partition coefficient (Wildman–Crippen LogP) is 2.13. The first-order valence-electron chi connectivity index (χ1n) is 7.23. The summed E-state index contributed by atoms with van der Waals surface area (Å²) in [5.41, 5.74) is 0.0835. The van der Waals surface area contributed by atoms with Crippen LogP contribution in [0.2, 0.25) is 0 Å². The quantitative estimate of drug-likeness (QED) is 0.757. The van der Waals surface area contributed by atoms with Crippen LogP contribution in [0, 0.1) is 17.5 Å². The lowest BCUT2D eigenvalue weighted by Gasteiger charge is -2.42. The SMILES string of the molecule is CCN(CC(=O)O)C1CC(NCc2cc(F)c(F)cc2F)C1. The van der Waals surface area contributed by atoms with Crippen molar-refractivity contribution in [3.63, 3.8) is 0 Å². The Hall–Kier alpha value is -1.60. The van der Waals surface area contributed by atoms with Crippen LogP contribution in [0.3, 0.4) is 0 Å². The Morgan fingerprint density at radius 2 is 1.91 bits per heavy atom. The maximum Gasteiger partial charge on any atom is 0.317 e. The molecule has 1 saturated carbocycles. The zero-order valence-electron chi connectivity index (χ0n) is 12.3. The third-order valence-electron chi connectivity index (χ3n) is 4.04. The van der Waals surface area contributed by atoms with Crippen molar-refractivity contribution in [3.8, 4) is 0 Å². The van der Waals surface area contributed by atoms with Gasteiger partial charge in [-0.1, -0.05) is 6.92 Å². The van der Waals surface area contributed by atoms with Crippen LogP contribution >= 0.6 is 0 Å². The van der Waals surface area contributed by atoms with E-state index in [2.05, 4.69) is 5.32 Å². The van der Waals surface area contributed by atoms with Gasteiger partial charge in [0.2, 0.25) is 0 Å². The molecular weight excluding hydrogens is 297 g/mol. The molecule has 1 aliphatic rings. The summed E-state index contributed by atoms with van der Waals surface area (Å²) in [6.07, 6.45) is 1.51. The number of rotatable bonds is 7. The summed E-state index contributed by atoms with van der Waals surface area (Å²) in [7, 11) is 0. The molecule has 0 amide bonds. The highest BCUT2D eigenvalue weighted by Crippen LogP contribution is 2.26. The highest BCUT2D eigenvalue weighted by molar-refractivity contribution is 5.69. The van der Waals surface area contributed by atoms with Crippen molar-refractivity contribution in [3.05, 3.63) is 35.1 Å². The van der Waals surface area contributed by atoms with Crippen molar-refractivity contribution in [2.24, 2.45) is 0 Å². The molecule has 0 heterocycles. The number of nitrogens with zero attached hydrogens (tertiary/aromatic N) is 1. The van der Waals surface area contributed by atoms with Crippen LogP contribution in [0.25, 0.3) is 0 Å². The van der Waals surface area contributed by atoms with Crippen LogP contribution < -0.4 is 5.32 Å². The molecule has 2 N–H and O–H groups in total. The number of hydrogen-bond donors (Lipinski definition) is 2. The van der Waals surface area contributed by atoms with Crippen molar-refractivity contribution < 1.29 is 23.1 Å². The van der Waals surface area contributed by atoms with E-state index in [-0.39, 0.29) is 30.7 Å². The molecule has 0 bridgehead atoms. The van der Waals surface area contributed by atoms with E-state index < -0.39 is 23.4 Å². The number of carbonyl (C=O) groups is 1. The number of benzene rings is 1. The largest absolute Gasteiger partial charge is 0.480 e. The third kappa shape index (κ3) is 3.98. The number of aliphatic carboxylic acids is 1. The van der Waals surface area contributed by atoms with Crippen molar-refractivity contribution >= 4 is 5.97 Å². The first-order valence-corrected chi connectivity index (χ1v) is 7.23. The second kappa shape index (κ2) is 7.11. The van der Waals surface area contributed by atoms with E-state index in [9.17, 15) is 18.0 Å². The molecule has 7 heteroatoms. The summed E-state index contributed by atoms with van der Waals surface area (Å²) in [6, 6.07) is 1.71. The molecule has 1 aromatic carbocycles. The smallest absolute Gasteiger partial charge is 0.317 e.